The van der Waals surface area contributed by atoms with Crippen LogP contribution in [0.4, 0.5) is 11.4 Å². The number of carbonyl (C=O) groups is 1. The van der Waals surface area contributed by atoms with Crippen LogP contribution in [0.2, 0.25) is 0 Å². The highest BCUT2D eigenvalue weighted by molar-refractivity contribution is 5.91. The van der Waals surface area contributed by atoms with Crippen LogP contribution >= 0.6 is 0 Å². The molecule has 0 saturated carbocycles. The number of rotatable bonds is 4. The Balaban J connectivity index is 2.84. The van der Waals surface area contributed by atoms with Crippen molar-refractivity contribution in [2.75, 3.05) is 17.7 Å². The number of aliphatic hydroxyl groups excluding tert-OH is 1. The number of nitrogens with two attached hydrogens (primary N) is 1. The summed E-state index contributed by atoms with van der Waals surface area (Å²) in [7, 11) is 0. The van der Waals surface area contributed by atoms with Crippen molar-refractivity contribution in [2.24, 2.45) is 0 Å². The van der Waals surface area contributed by atoms with Gasteiger partial charge >= 0.3 is 0 Å². The number of carbonyl (C=O) groups excluding carboxylic acids is 1. The minimum Gasteiger partial charge on any atom is -0.489 e. The van der Waals surface area contributed by atoms with E-state index in [1.54, 1.807) is 25.1 Å². The van der Waals surface area contributed by atoms with Crippen LogP contribution in [0.15, 0.2) is 18.2 Å². The van der Waals surface area contributed by atoms with Gasteiger partial charge in [0.1, 0.15) is 12.4 Å². The Morgan fingerprint density at radius 1 is 1.62 bits per heavy atom. The Labute approximate surface area is 94.2 Å². The van der Waals surface area contributed by atoms with Gasteiger partial charge in [0, 0.05) is 12.6 Å². The van der Waals surface area contributed by atoms with Crippen LogP contribution in [-0.2, 0) is 4.79 Å². The van der Waals surface area contributed by atoms with Gasteiger partial charge in [0.05, 0.1) is 11.8 Å². The molecule has 1 aromatic rings. The minimum absolute atomic E-state index is 0.163. The van der Waals surface area contributed by atoms with Crippen molar-refractivity contribution in [1.82, 2.24) is 0 Å². The lowest BCUT2D eigenvalue weighted by atomic mass is 10.2. The number of amides is 1. The zero-order chi connectivity index (χ0) is 12.1. The molecule has 5 nitrogen and oxygen atoms in total. The number of nitrogen functional groups attached to an aromatic ring is 1. The summed E-state index contributed by atoms with van der Waals surface area (Å²) in [4.78, 5) is 11.0. The maximum absolute atomic E-state index is 11.0. The van der Waals surface area contributed by atoms with Crippen LogP contribution in [0.1, 0.15) is 13.8 Å². The first-order valence-corrected chi connectivity index (χ1v) is 4.97. The Morgan fingerprint density at radius 3 is 2.88 bits per heavy atom. The van der Waals surface area contributed by atoms with Gasteiger partial charge in [-0.15, -0.1) is 0 Å². The van der Waals surface area contributed by atoms with Crippen LogP contribution in [-0.4, -0.2) is 23.7 Å². The van der Waals surface area contributed by atoms with Crippen molar-refractivity contribution in [1.29, 1.82) is 0 Å². The molecule has 88 valence electrons. The molecule has 0 radical (unpaired) electrons. The van der Waals surface area contributed by atoms with E-state index in [4.69, 9.17) is 15.6 Å². The van der Waals surface area contributed by atoms with Crippen molar-refractivity contribution >= 4 is 17.3 Å². The summed E-state index contributed by atoms with van der Waals surface area (Å²) in [6.07, 6.45) is -0.567. The van der Waals surface area contributed by atoms with Gasteiger partial charge in [-0.05, 0) is 25.1 Å². The molecule has 0 aliphatic carbocycles. The summed E-state index contributed by atoms with van der Waals surface area (Å²) in [6.45, 7) is 3.19. The van der Waals surface area contributed by atoms with Crippen LogP contribution in [0, 0.1) is 0 Å². The number of nitrogens with one attached hydrogen (secondary N) is 1. The van der Waals surface area contributed by atoms with E-state index in [0.29, 0.717) is 17.1 Å². The molecule has 0 spiro atoms. The van der Waals surface area contributed by atoms with Crippen molar-refractivity contribution < 1.29 is 14.6 Å². The molecule has 1 aromatic carbocycles. The molecule has 1 atom stereocenters. The molecule has 0 aromatic heterocycles. The average molecular weight is 224 g/mol. The van der Waals surface area contributed by atoms with Gasteiger partial charge in [0.2, 0.25) is 5.91 Å². The van der Waals surface area contributed by atoms with E-state index in [1.165, 1.54) is 6.92 Å². The highest BCUT2D eigenvalue weighted by atomic mass is 16.5. The predicted molar refractivity (Wildman–Crippen MR) is 62.3 cm³/mol. The molecule has 0 bridgehead atoms. The molecular weight excluding hydrogens is 208 g/mol. The van der Waals surface area contributed by atoms with Gasteiger partial charge in [-0.25, -0.2) is 0 Å². The number of hydrogen-bond acceptors (Lipinski definition) is 4. The van der Waals surface area contributed by atoms with Crippen molar-refractivity contribution in [3.05, 3.63) is 18.2 Å². The van der Waals surface area contributed by atoms with Gasteiger partial charge in [-0.1, -0.05) is 0 Å². The van der Waals surface area contributed by atoms with Crippen LogP contribution < -0.4 is 15.8 Å². The van der Waals surface area contributed by atoms with E-state index < -0.39 is 6.10 Å². The Morgan fingerprint density at radius 2 is 2.31 bits per heavy atom. The summed E-state index contributed by atoms with van der Waals surface area (Å²) in [5, 5.41) is 11.7. The SMILES string of the molecule is CC(=O)Nc1cc(N)ccc1OCC(C)O. The van der Waals surface area contributed by atoms with Crippen LogP contribution in [0.5, 0.6) is 5.75 Å². The fraction of sp³-hybridized carbons (Fsp3) is 0.364. The standard InChI is InChI=1S/C11H16N2O3/c1-7(14)6-16-11-4-3-9(12)5-10(11)13-8(2)15/h3-5,7,14H,6,12H2,1-2H3,(H,13,15). The Hall–Kier alpha value is -1.75. The van der Waals surface area contributed by atoms with E-state index in [1.807, 2.05) is 0 Å². The lowest BCUT2D eigenvalue weighted by Gasteiger charge is -2.13. The van der Waals surface area contributed by atoms with Gasteiger partial charge in [-0.2, -0.15) is 0 Å². The number of hydrogen-bond donors (Lipinski definition) is 3. The smallest absolute Gasteiger partial charge is 0.221 e. The van der Waals surface area contributed by atoms with E-state index >= 15 is 0 Å². The van der Waals surface area contributed by atoms with Gasteiger partial charge in [-0.3, -0.25) is 4.79 Å². The molecule has 4 N–H and O–H groups in total. The molecule has 0 saturated heterocycles. The zero-order valence-corrected chi connectivity index (χ0v) is 9.36. The molecule has 1 rings (SSSR count). The normalized spacial score (nSPS) is 11.9. The molecular formula is C11H16N2O3. The Bertz CT molecular complexity index is 377. The largest absolute Gasteiger partial charge is 0.489 e. The second-order valence-corrected chi connectivity index (χ2v) is 3.60. The first-order valence-electron chi connectivity index (χ1n) is 4.97. The number of aliphatic hydroxyl groups is 1. The highest BCUT2D eigenvalue weighted by Crippen LogP contribution is 2.26. The number of ether oxygens (including phenoxy) is 1. The fourth-order valence-corrected chi connectivity index (χ4v) is 1.17. The summed E-state index contributed by atoms with van der Waals surface area (Å²) in [5.41, 5.74) is 6.65. The molecule has 0 fully saturated rings. The third-order valence-corrected chi connectivity index (χ3v) is 1.79. The molecule has 1 unspecified atom stereocenters. The second-order valence-electron chi connectivity index (χ2n) is 3.60. The lowest BCUT2D eigenvalue weighted by molar-refractivity contribution is -0.114. The molecule has 5 heteroatoms. The van der Waals surface area contributed by atoms with E-state index in [0.717, 1.165) is 0 Å². The van der Waals surface area contributed by atoms with Crippen molar-refractivity contribution in [3.8, 4) is 5.75 Å². The quantitative estimate of drug-likeness (QED) is 0.666. The molecule has 0 aliphatic heterocycles. The third kappa shape index (κ3) is 3.78. The average Bonchev–Trinajstić information content (AvgIpc) is 2.15. The second kappa shape index (κ2) is 5.37. The predicted octanol–water partition coefficient (Wildman–Crippen LogP) is 0.987. The number of benzene rings is 1. The van der Waals surface area contributed by atoms with E-state index in [-0.39, 0.29) is 12.5 Å². The van der Waals surface area contributed by atoms with Crippen molar-refractivity contribution in [3.63, 3.8) is 0 Å². The summed E-state index contributed by atoms with van der Waals surface area (Å²) in [5.74, 6) is 0.290. The molecule has 0 heterocycles. The first kappa shape index (κ1) is 12.3. The lowest BCUT2D eigenvalue weighted by Crippen LogP contribution is -2.15. The van der Waals surface area contributed by atoms with Crippen LogP contribution in [0.3, 0.4) is 0 Å². The summed E-state index contributed by atoms with van der Waals surface area (Å²) < 4.78 is 5.33. The van der Waals surface area contributed by atoms with Crippen molar-refractivity contribution in [2.45, 2.75) is 20.0 Å². The summed E-state index contributed by atoms with van der Waals surface area (Å²) in [6, 6.07) is 4.93. The van der Waals surface area contributed by atoms with E-state index in [2.05, 4.69) is 5.32 Å². The van der Waals surface area contributed by atoms with Gasteiger partial charge < -0.3 is 20.9 Å². The zero-order valence-electron chi connectivity index (χ0n) is 9.36. The topological polar surface area (TPSA) is 84.6 Å². The summed E-state index contributed by atoms with van der Waals surface area (Å²) >= 11 is 0. The Kier molecular flexibility index (Phi) is 4.13. The van der Waals surface area contributed by atoms with Gasteiger partial charge in [0.25, 0.3) is 0 Å². The maximum atomic E-state index is 11.0. The van der Waals surface area contributed by atoms with E-state index in [9.17, 15) is 4.79 Å². The first-order chi connectivity index (χ1) is 7.49. The minimum atomic E-state index is -0.567. The maximum Gasteiger partial charge on any atom is 0.221 e. The van der Waals surface area contributed by atoms with Crippen LogP contribution in [0.25, 0.3) is 0 Å². The highest BCUT2D eigenvalue weighted by Gasteiger charge is 2.07. The molecule has 1 amide bonds. The van der Waals surface area contributed by atoms with Gasteiger partial charge in [0.15, 0.2) is 0 Å². The number of anilines is 2. The third-order valence-electron chi connectivity index (χ3n) is 1.79. The monoisotopic (exact) mass is 224 g/mol. The fourth-order valence-electron chi connectivity index (χ4n) is 1.17. The molecule has 0 aliphatic rings. The molecule has 16 heavy (non-hydrogen) atoms.